The Hall–Kier alpha value is -0.633. The zero-order valence-corrected chi connectivity index (χ0v) is 12.9. The van der Waals surface area contributed by atoms with Gasteiger partial charge in [0.05, 0.1) is 6.61 Å². The van der Waals surface area contributed by atoms with Gasteiger partial charge in [-0.05, 0) is 12.5 Å². The summed E-state index contributed by atoms with van der Waals surface area (Å²) in [6.07, 6.45) is 1.68. The van der Waals surface area contributed by atoms with Crippen LogP contribution in [0.15, 0.2) is 0 Å². The largest absolute Gasteiger partial charge is 0.381 e. The topological polar surface area (TPSA) is 82.8 Å². The number of nitrogens with one attached hydrogen (secondary N) is 1. The Labute approximate surface area is 111 Å². The van der Waals surface area contributed by atoms with Gasteiger partial charge < -0.3 is 25.3 Å². The maximum absolute atomic E-state index is 10.4. The number of carbonyl (C=O) groups is 1. The molecule has 0 fully saturated rings. The molecule has 0 aliphatic rings. The van der Waals surface area contributed by atoms with E-state index >= 15 is 0 Å². The van der Waals surface area contributed by atoms with E-state index < -0.39 is 6.03 Å². The molecule has 0 aliphatic heterocycles. The predicted molar refractivity (Wildman–Crippen MR) is 73.6 cm³/mol. The molecule has 0 spiro atoms. The molecular formula is C11H26N2O4Si. The molecule has 0 rings (SSSR count). The van der Waals surface area contributed by atoms with E-state index in [-0.39, 0.29) is 15.8 Å². The third kappa shape index (κ3) is 11.8. The van der Waals surface area contributed by atoms with E-state index in [1.165, 1.54) is 6.04 Å². The van der Waals surface area contributed by atoms with Crippen LogP contribution < -0.4 is 11.1 Å². The smallest absolute Gasteiger partial charge is 0.312 e. The number of carbonyl (C=O) groups excluding carboxylic acids is 1. The first-order chi connectivity index (χ1) is 8.70. The third-order valence-corrected chi connectivity index (χ3v) is 4.39. The van der Waals surface area contributed by atoms with Crippen molar-refractivity contribution >= 4 is 15.6 Å². The summed E-state index contributed by atoms with van der Waals surface area (Å²) in [4.78, 5) is 10.4. The number of primary amides is 1. The molecule has 18 heavy (non-hydrogen) atoms. The Morgan fingerprint density at radius 3 is 2.61 bits per heavy atom. The van der Waals surface area contributed by atoms with Crippen LogP contribution in [0.2, 0.25) is 12.1 Å². The SMILES string of the molecule is COC(CCOCCC[SiH2]CCNC(N)=O)OC. The van der Waals surface area contributed by atoms with Crippen LogP contribution in [0.3, 0.4) is 0 Å². The van der Waals surface area contributed by atoms with Gasteiger partial charge in [0.25, 0.3) is 0 Å². The van der Waals surface area contributed by atoms with Gasteiger partial charge in [0.1, 0.15) is 0 Å². The summed E-state index contributed by atoms with van der Waals surface area (Å²) in [5, 5.41) is 2.60. The zero-order chi connectivity index (χ0) is 13.6. The molecule has 0 aromatic heterocycles. The van der Waals surface area contributed by atoms with Crippen LogP contribution in [0.4, 0.5) is 4.79 Å². The van der Waals surface area contributed by atoms with Crippen LogP contribution >= 0.6 is 0 Å². The molecule has 2 amide bonds. The van der Waals surface area contributed by atoms with Crippen LogP contribution in [0.5, 0.6) is 0 Å². The molecular weight excluding hydrogens is 252 g/mol. The molecule has 6 nitrogen and oxygen atoms in total. The second-order valence-corrected chi connectivity index (χ2v) is 6.13. The van der Waals surface area contributed by atoms with E-state index in [0.29, 0.717) is 13.2 Å². The minimum Gasteiger partial charge on any atom is -0.381 e. The Morgan fingerprint density at radius 2 is 2.00 bits per heavy atom. The van der Waals surface area contributed by atoms with Crippen LogP contribution in [0, 0.1) is 0 Å². The number of nitrogens with two attached hydrogens (primary N) is 1. The molecule has 0 aromatic rings. The van der Waals surface area contributed by atoms with E-state index in [2.05, 4.69) is 5.32 Å². The molecule has 0 saturated heterocycles. The lowest BCUT2D eigenvalue weighted by molar-refractivity contribution is -0.115. The molecule has 3 N–H and O–H groups in total. The Kier molecular flexibility index (Phi) is 12.4. The van der Waals surface area contributed by atoms with Crippen molar-refractivity contribution in [3.05, 3.63) is 0 Å². The second-order valence-electron chi connectivity index (χ2n) is 4.01. The van der Waals surface area contributed by atoms with Gasteiger partial charge in [-0.15, -0.1) is 0 Å². The summed E-state index contributed by atoms with van der Waals surface area (Å²) in [7, 11) is 3.16. The van der Waals surface area contributed by atoms with Gasteiger partial charge in [-0.1, -0.05) is 6.04 Å². The second kappa shape index (κ2) is 12.8. The fourth-order valence-corrected chi connectivity index (χ4v) is 2.85. The average molecular weight is 278 g/mol. The van der Waals surface area contributed by atoms with Crippen molar-refractivity contribution in [3.8, 4) is 0 Å². The first-order valence-electron chi connectivity index (χ1n) is 6.37. The fraction of sp³-hybridized carbons (Fsp3) is 0.909. The lowest BCUT2D eigenvalue weighted by atomic mass is 10.4. The third-order valence-electron chi connectivity index (χ3n) is 2.54. The minimum atomic E-state index is -0.432. The summed E-state index contributed by atoms with van der Waals surface area (Å²) in [5.41, 5.74) is 4.96. The first-order valence-corrected chi connectivity index (χ1v) is 8.37. The minimum absolute atomic E-state index is 0.0900. The highest BCUT2D eigenvalue weighted by Crippen LogP contribution is 1.99. The lowest BCUT2D eigenvalue weighted by Crippen LogP contribution is -2.30. The van der Waals surface area contributed by atoms with E-state index in [0.717, 1.165) is 25.5 Å². The van der Waals surface area contributed by atoms with Gasteiger partial charge in [-0.3, -0.25) is 0 Å². The number of amides is 2. The summed E-state index contributed by atoms with van der Waals surface area (Å²) in [6.45, 7) is 2.17. The zero-order valence-electron chi connectivity index (χ0n) is 11.4. The summed E-state index contributed by atoms with van der Waals surface area (Å²) in [6, 6.07) is 1.90. The summed E-state index contributed by atoms with van der Waals surface area (Å²) < 4.78 is 15.6. The van der Waals surface area contributed by atoms with Crippen LogP contribution in [-0.2, 0) is 14.2 Å². The fourth-order valence-electron chi connectivity index (χ4n) is 1.51. The molecule has 0 aromatic carbocycles. The number of hydrogen-bond donors (Lipinski definition) is 2. The quantitative estimate of drug-likeness (QED) is 0.301. The average Bonchev–Trinajstić information content (AvgIpc) is 2.36. The lowest BCUT2D eigenvalue weighted by Gasteiger charge is -2.12. The molecule has 0 bridgehead atoms. The number of ether oxygens (including phenoxy) is 3. The van der Waals surface area contributed by atoms with E-state index in [1.54, 1.807) is 14.2 Å². The molecule has 0 saturated carbocycles. The Morgan fingerprint density at radius 1 is 1.28 bits per heavy atom. The van der Waals surface area contributed by atoms with Crippen molar-refractivity contribution < 1.29 is 19.0 Å². The van der Waals surface area contributed by atoms with Crippen molar-refractivity contribution in [2.45, 2.75) is 31.2 Å². The Balaban J connectivity index is 3.09. The normalized spacial score (nSPS) is 11.5. The van der Waals surface area contributed by atoms with Crippen molar-refractivity contribution in [2.75, 3.05) is 34.0 Å². The highest BCUT2D eigenvalue weighted by atomic mass is 28.2. The number of hydrogen-bond acceptors (Lipinski definition) is 4. The molecule has 0 radical (unpaired) electrons. The molecule has 108 valence electrons. The van der Waals surface area contributed by atoms with Crippen molar-refractivity contribution in [1.29, 1.82) is 0 Å². The van der Waals surface area contributed by atoms with E-state index in [4.69, 9.17) is 19.9 Å². The molecule has 0 aliphatic carbocycles. The van der Waals surface area contributed by atoms with Crippen molar-refractivity contribution in [2.24, 2.45) is 5.73 Å². The molecule has 0 atom stereocenters. The van der Waals surface area contributed by atoms with Gasteiger partial charge in [0.2, 0.25) is 0 Å². The number of urea groups is 1. The maximum atomic E-state index is 10.4. The Bertz CT molecular complexity index is 203. The molecule has 0 heterocycles. The summed E-state index contributed by atoms with van der Waals surface area (Å²) >= 11 is 0. The van der Waals surface area contributed by atoms with Gasteiger partial charge in [-0.2, -0.15) is 0 Å². The van der Waals surface area contributed by atoms with Crippen LogP contribution in [0.25, 0.3) is 0 Å². The van der Waals surface area contributed by atoms with Gasteiger partial charge in [0.15, 0.2) is 6.29 Å². The molecule has 7 heteroatoms. The first kappa shape index (κ1) is 17.4. The highest BCUT2D eigenvalue weighted by Gasteiger charge is 2.03. The van der Waals surface area contributed by atoms with E-state index in [9.17, 15) is 4.79 Å². The van der Waals surface area contributed by atoms with Gasteiger partial charge in [-0.25, -0.2) is 4.79 Å². The number of rotatable bonds is 12. The highest BCUT2D eigenvalue weighted by molar-refractivity contribution is 6.35. The van der Waals surface area contributed by atoms with Gasteiger partial charge in [0, 0.05) is 43.3 Å². The van der Waals surface area contributed by atoms with Crippen molar-refractivity contribution in [1.82, 2.24) is 5.32 Å². The van der Waals surface area contributed by atoms with E-state index in [1.807, 2.05) is 0 Å². The van der Waals surface area contributed by atoms with Crippen molar-refractivity contribution in [3.63, 3.8) is 0 Å². The number of methoxy groups -OCH3 is 2. The van der Waals surface area contributed by atoms with Crippen LogP contribution in [-0.4, -0.2) is 55.8 Å². The monoisotopic (exact) mass is 278 g/mol. The van der Waals surface area contributed by atoms with Gasteiger partial charge >= 0.3 is 6.03 Å². The standard InChI is InChI=1S/C11H26N2O4Si/c1-15-10(16-2)4-7-17-6-3-8-18-9-5-13-11(12)14/h10H,3-9,18H2,1-2H3,(H3,12,13,14). The maximum Gasteiger partial charge on any atom is 0.312 e. The summed E-state index contributed by atoms with van der Waals surface area (Å²) in [5.74, 6) is 0. The predicted octanol–water partition coefficient (Wildman–Crippen LogP) is 0.0758. The van der Waals surface area contributed by atoms with Crippen LogP contribution in [0.1, 0.15) is 12.8 Å². The molecule has 0 unspecified atom stereocenters.